The van der Waals surface area contributed by atoms with Gasteiger partial charge in [0, 0.05) is 18.9 Å². The molecule has 1 amide bonds. The van der Waals surface area contributed by atoms with Crippen molar-refractivity contribution in [3.05, 3.63) is 36.3 Å². The third kappa shape index (κ3) is 3.21. The van der Waals surface area contributed by atoms with Gasteiger partial charge in [-0.25, -0.2) is 15.0 Å². The van der Waals surface area contributed by atoms with E-state index in [1.807, 2.05) is 0 Å². The Hall–Kier alpha value is -2.48. The Labute approximate surface area is 145 Å². The molecular formula is C17H21N5O3. The second-order valence-electron chi connectivity index (χ2n) is 6.78. The summed E-state index contributed by atoms with van der Waals surface area (Å²) in [6.07, 6.45) is 6.76. The zero-order chi connectivity index (χ0) is 17.3. The molecule has 1 atom stereocenters. The van der Waals surface area contributed by atoms with Crippen LogP contribution >= 0.6 is 0 Å². The molecule has 8 nitrogen and oxygen atoms in total. The summed E-state index contributed by atoms with van der Waals surface area (Å²) < 4.78 is 11.3. The number of ether oxygens (including phenoxy) is 1. The average Bonchev–Trinajstić information content (AvgIpc) is 3.05. The van der Waals surface area contributed by atoms with Crippen molar-refractivity contribution in [3.8, 4) is 0 Å². The van der Waals surface area contributed by atoms with E-state index in [1.165, 1.54) is 6.39 Å². The second-order valence-corrected chi connectivity index (χ2v) is 6.78. The highest BCUT2D eigenvalue weighted by Gasteiger charge is 2.49. The Morgan fingerprint density at radius 3 is 2.80 bits per heavy atom. The smallest absolute Gasteiger partial charge is 0.291 e. The molecular weight excluding hydrogens is 322 g/mol. The molecule has 0 unspecified atom stereocenters. The third-order valence-electron chi connectivity index (χ3n) is 4.93. The second kappa shape index (κ2) is 6.44. The van der Waals surface area contributed by atoms with Gasteiger partial charge in [0.05, 0.1) is 25.4 Å². The minimum absolute atomic E-state index is 0.103. The Morgan fingerprint density at radius 1 is 1.36 bits per heavy atom. The molecule has 2 fully saturated rings. The van der Waals surface area contributed by atoms with E-state index in [2.05, 4.69) is 20.3 Å². The molecule has 1 N–H and O–H groups in total. The van der Waals surface area contributed by atoms with Crippen LogP contribution in [0.3, 0.4) is 0 Å². The first kappa shape index (κ1) is 16.0. The lowest BCUT2D eigenvalue weighted by Crippen LogP contribution is -2.66. The number of aryl methyl sites for hydroxylation is 1. The summed E-state index contributed by atoms with van der Waals surface area (Å²) in [5.41, 5.74) is 0.438. The number of hydrogen-bond donors (Lipinski definition) is 1. The predicted molar refractivity (Wildman–Crippen MR) is 89.1 cm³/mol. The van der Waals surface area contributed by atoms with Gasteiger partial charge in [-0.3, -0.25) is 4.79 Å². The topological polar surface area (TPSA) is 93.4 Å². The number of nitrogens with zero attached hydrogens (tertiary/aromatic N) is 4. The highest BCUT2D eigenvalue weighted by atomic mass is 16.5. The van der Waals surface area contributed by atoms with Crippen molar-refractivity contribution in [1.82, 2.24) is 19.9 Å². The molecule has 1 spiro atoms. The zero-order valence-electron chi connectivity index (χ0n) is 14.1. The van der Waals surface area contributed by atoms with Crippen LogP contribution in [0.5, 0.6) is 0 Å². The molecule has 4 rings (SSSR count). The van der Waals surface area contributed by atoms with Crippen molar-refractivity contribution in [2.24, 2.45) is 5.92 Å². The molecule has 4 heterocycles. The van der Waals surface area contributed by atoms with E-state index in [0.717, 1.165) is 19.4 Å². The van der Waals surface area contributed by atoms with Crippen molar-refractivity contribution in [2.45, 2.75) is 25.4 Å². The number of hydrogen-bond acceptors (Lipinski definition) is 7. The molecule has 2 saturated heterocycles. The van der Waals surface area contributed by atoms with Crippen LogP contribution in [0.2, 0.25) is 0 Å². The van der Waals surface area contributed by atoms with Gasteiger partial charge in [0.25, 0.3) is 5.91 Å². The van der Waals surface area contributed by atoms with E-state index >= 15 is 0 Å². The van der Waals surface area contributed by atoms with Gasteiger partial charge in [0.1, 0.15) is 5.60 Å². The van der Waals surface area contributed by atoms with Gasteiger partial charge >= 0.3 is 0 Å². The monoisotopic (exact) mass is 343 g/mol. The maximum absolute atomic E-state index is 12.4. The first-order valence-corrected chi connectivity index (χ1v) is 8.49. The number of aromatic nitrogens is 3. The van der Waals surface area contributed by atoms with E-state index in [1.54, 1.807) is 30.3 Å². The summed E-state index contributed by atoms with van der Waals surface area (Å²) in [5.74, 6) is 1.30. The van der Waals surface area contributed by atoms with E-state index in [0.29, 0.717) is 43.0 Å². The molecule has 2 aliphatic heterocycles. The van der Waals surface area contributed by atoms with Gasteiger partial charge < -0.3 is 19.4 Å². The largest absolute Gasteiger partial charge is 0.438 e. The van der Waals surface area contributed by atoms with Gasteiger partial charge in [-0.05, 0) is 31.7 Å². The van der Waals surface area contributed by atoms with Gasteiger partial charge in [-0.1, -0.05) is 0 Å². The Balaban J connectivity index is 1.24. The highest BCUT2D eigenvalue weighted by Crippen LogP contribution is 2.36. The number of carbonyl (C=O) groups excluding carboxylic acids is 1. The summed E-state index contributed by atoms with van der Waals surface area (Å²) in [5, 5.41) is 3.24. The van der Waals surface area contributed by atoms with Gasteiger partial charge in [-0.2, -0.15) is 0 Å². The standard InChI is InChI=1S/C17H21N5O3/c1-12-14(24-11-21-12)15(23)22-9-17(10-22)4-3-13(8-25-17)7-20-16-18-5-2-6-19-16/h2,5-6,11,13H,3-4,7-10H2,1H3,(H,18,19,20)/t13-/m0/s1. The first-order chi connectivity index (χ1) is 12.2. The Morgan fingerprint density at radius 2 is 2.16 bits per heavy atom. The van der Waals surface area contributed by atoms with Crippen LogP contribution in [0.1, 0.15) is 29.1 Å². The number of anilines is 1. The average molecular weight is 343 g/mol. The zero-order valence-corrected chi connectivity index (χ0v) is 14.1. The Bertz CT molecular complexity index is 732. The van der Waals surface area contributed by atoms with Crippen LogP contribution in [0.25, 0.3) is 0 Å². The maximum atomic E-state index is 12.4. The fourth-order valence-electron chi connectivity index (χ4n) is 3.40. The van der Waals surface area contributed by atoms with Crippen molar-refractivity contribution in [2.75, 3.05) is 31.6 Å². The van der Waals surface area contributed by atoms with Crippen molar-refractivity contribution >= 4 is 11.9 Å². The molecule has 0 aliphatic carbocycles. The van der Waals surface area contributed by atoms with Crippen LogP contribution in [0.4, 0.5) is 5.95 Å². The van der Waals surface area contributed by atoms with Gasteiger partial charge in [-0.15, -0.1) is 0 Å². The molecule has 132 valence electrons. The summed E-state index contributed by atoms with van der Waals surface area (Å²) in [4.78, 5) is 26.4. The molecule has 0 saturated carbocycles. The summed E-state index contributed by atoms with van der Waals surface area (Å²) >= 11 is 0. The molecule has 2 aromatic heterocycles. The number of carbonyl (C=O) groups is 1. The van der Waals surface area contributed by atoms with Crippen LogP contribution in [-0.2, 0) is 4.74 Å². The minimum Gasteiger partial charge on any atom is -0.438 e. The molecule has 0 radical (unpaired) electrons. The van der Waals surface area contributed by atoms with E-state index < -0.39 is 0 Å². The third-order valence-corrected chi connectivity index (χ3v) is 4.93. The maximum Gasteiger partial charge on any atom is 0.291 e. The van der Waals surface area contributed by atoms with Crippen molar-refractivity contribution < 1.29 is 13.9 Å². The Kier molecular flexibility index (Phi) is 4.12. The predicted octanol–water partition coefficient (Wildman–Crippen LogP) is 1.51. The van der Waals surface area contributed by atoms with Gasteiger partial charge in [0.2, 0.25) is 11.7 Å². The lowest BCUT2D eigenvalue weighted by Gasteiger charge is -2.52. The first-order valence-electron chi connectivity index (χ1n) is 8.49. The van der Waals surface area contributed by atoms with E-state index in [-0.39, 0.29) is 11.5 Å². The number of nitrogens with one attached hydrogen (secondary N) is 1. The minimum atomic E-state index is -0.191. The fourth-order valence-corrected chi connectivity index (χ4v) is 3.40. The van der Waals surface area contributed by atoms with Crippen molar-refractivity contribution in [3.63, 3.8) is 0 Å². The van der Waals surface area contributed by atoms with E-state index in [9.17, 15) is 4.79 Å². The number of amides is 1. The fraction of sp³-hybridized carbons (Fsp3) is 0.529. The summed E-state index contributed by atoms with van der Waals surface area (Å²) in [6.45, 7) is 4.49. The SMILES string of the molecule is Cc1ncoc1C(=O)N1CC2(CC[C@@H](CNc3ncccn3)CO2)C1. The van der Waals surface area contributed by atoms with Gasteiger partial charge in [0.15, 0.2) is 6.39 Å². The molecule has 25 heavy (non-hydrogen) atoms. The molecule has 2 aliphatic rings. The molecule has 0 bridgehead atoms. The number of likely N-dealkylation sites (tertiary alicyclic amines) is 1. The number of oxazole rings is 1. The highest BCUT2D eigenvalue weighted by molar-refractivity contribution is 5.93. The van der Waals surface area contributed by atoms with Crippen LogP contribution in [0, 0.1) is 12.8 Å². The summed E-state index contributed by atoms with van der Waals surface area (Å²) in [6, 6.07) is 1.79. The lowest BCUT2D eigenvalue weighted by atomic mass is 9.82. The molecule has 8 heteroatoms. The van der Waals surface area contributed by atoms with Crippen LogP contribution < -0.4 is 5.32 Å². The number of rotatable bonds is 4. The molecule has 0 aromatic carbocycles. The van der Waals surface area contributed by atoms with E-state index in [4.69, 9.17) is 9.15 Å². The summed E-state index contributed by atoms with van der Waals surface area (Å²) in [7, 11) is 0. The van der Waals surface area contributed by atoms with Crippen LogP contribution in [-0.4, -0.2) is 57.6 Å². The molecule has 2 aromatic rings. The quantitative estimate of drug-likeness (QED) is 0.899. The normalized spacial score (nSPS) is 21.8. The van der Waals surface area contributed by atoms with Crippen molar-refractivity contribution in [1.29, 1.82) is 0 Å². The van der Waals surface area contributed by atoms with Crippen LogP contribution in [0.15, 0.2) is 29.3 Å². The lowest BCUT2D eigenvalue weighted by molar-refractivity contribution is -0.165.